The molecule has 100 valence electrons. The lowest BCUT2D eigenvalue weighted by molar-refractivity contribution is 0.480. The van der Waals surface area contributed by atoms with Crippen molar-refractivity contribution in [1.29, 1.82) is 0 Å². The molecular weight excluding hydrogens is 222 g/mol. The second-order valence-corrected chi connectivity index (χ2v) is 5.26. The number of hydrogen-bond donors (Lipinski definition) is 1. The molecule has 18 heavy (non-hydrogen) atoms. The van der Waals surface area contributed by atoms with Crippen molar-refractivity contribution in [2.24, 2.45) is 0 Å². The molecule has 1 fully saturated rings. The highest BCUT2D eigenvalue weighted by Crippen LogP contribution is 2.24. The normalized spacial score (nSPS) is 21.9. The Bertz CT molecular complexity index is 378. The molecule has 3 heteroatoms. The molecule has 1 aliphatic rings. The lowest BCUT2D eigenvalue weighted by Crippen LogP contribution is -2.38. The Morgan fingerprint density at radius 1 is 1.50 bits per heavy atom. The van der Waals surface area contributed by atoms with Crippen LogP contribution in [0.2, 0.25) is 0 Å². The third kappa shape index (κ3) is 3.02. The number of aromatic nitrogens is 1. The van der Waals surface area contributed by atoms with E-state index in [0.717, 1.165) is 18.9 Å². The van der Waals surface area contributed by atoms with Crippen LogP contribution in [0, 0.1) is 0 Å². The molecule has 1 aliphatic heterocycles. The van der Waals surface area contributed by atoms with E-state index >= 15 is 0 Å². The van der Waals surface area contributed by atoms with Crippen molar-refractivity contribution >= 4 is 5.82 Å². The summed E-state index contributed by atoms with van der Waals surface area (Å²) in [4.78, 5) is 7.00. The van der Waals surface area contributed by atoms with Crippen LogP contribution in [0.4, 0.5) is 5.82 Å². The lowest BCUT2D eigenvalue weighted by atomic mass is 10.0. The van der Waals surface area contributed by atoms with Gasteiger partial charge in [0, 0.05) is 24.8 Å². The zero-order valence-electron chi connectivity index (χ0n) is 11.8. The summed E-state index contributed by atoms with van der Waals surface area (Å²) >= 11 is 0. The summed E-state index contributed by atoms with van der Waals surface area (Å²) in [5.41, 5.74) is 1.33. The first kappa shape index (κ1) is 13.3. The topological polar surface area (TPSA) is 28.2 Å². The third-order valence-corrected chi connectivity index (χ3v) is 3.88. The predicted molar refractivity (Wildman–Crippen MR) is 77.0 cm³/mol. The summed E-state index contributed by atoms with van der Waals surface area (Å²) in [5, 5.41) is 3.46. The van der Waals surface area contributed by atoms with Crippen LogP contribution >= 0.6 is 0 Å². The zero-order chi connectivity index (χ0) is 13.0. The minimum Gasteiger partial charge on any atom is -0.354 e. The van der Waals surface area contributed by atoms with E-state index in [1.807, 2.05) is 6.20 Å². The van der Waals surface area contributed by atoms with E-state index in [-0.39, 0.29) is 0 Å². The summed E-state index contributed by atoms with van der Waals surface area (Å²) in [7, 11) is 0. The van der Waals surface area contributed by atoms with Crippen molar-refractivity contribution in [3.05, 3.63) is 23.9 Å². The lowest BCUT2D eigenvalue weighted by Gasteiger charge is -2.34. The van der Waals surface area contributed by atoms with Crippen LogP contribution in [-0.2, 0) is 0 Å². The second-order valence-electron chi connectivity index (χ2n) is 5.26. The van der Waals surface area contributed by atoms with E-state index in [0.29, 0.717) is 12.1 Å². The van der Waals surface area contributed by atoms with E-state index in [9.17, 15) is 0 Å². The first-order chi connectivity index (χ1) is 8.72. The maximum absolute atomic E-state index is 4.55. The Morgan fingerprint density at radius 3 is 3.06 bits per heavy atom. The fraction of sp³-hybridized carbons (Fsp3) is 0.667. The molecule has 0 aromatic carbocycles. The Balaban J connectivity index is 2.15. The Labute approximate surface area is 111 Å². The van der Waals surface area contributed by atoms with E-state index in [1.54, 1.807) is 0 Å². The SMILES string of the molecule is CCNC(C)c1ccnc(N2CCCCC2C)c1. The van der Waals surface area contributed by atoms with Crippen LogP contribution in [-0.4, -0.2) is 24.1 Å². The Morgan fingerprint density at radius 2 is 2.33 bits per heavy atom. The highest BCUT2D eigenvalue weighted by molar-refractivity contribution is 5.43. The summed E-state index contributed by atoms with van der Waals surface area (Å²) in [6.07, 6.45) is 5.87. The quantitative estimate of drug-likeness (QED) is 0.886. The van der Waals surface area contributed by atoms with Gasteiger partial charge in [0.2, 0.25) is 0 Å². The molecule has 2 unspecified atom stereocenters. The molecule has 1 aromatic heterocycles. The fourth-order valence-corrected chi connectivity index (χ4v) is 2.72. The van der Waals surface area contributed by atoms with Gasteiger partial charge in [0.25, 0.3) is 0 Å². The van der Waals surface area contributed by atoms with E-state index in [2.05, 4.69) is 48.1 Å². The molecule has 2 rings (SSSR count). The van der Waals surface area contributed by atoms with Gasteiger partial charge in [0.05, 0.1) is 0 Å². The van der Waals surface area contributed by atoms with Crippen LogP contribution in [0.3, 0.4) is 0 Å². The standard InChI is InChI=1S/C15H25N3/c1-4-16-13(3)14-8-9-17-15(11-14)18-10-6-5-7-12(18)2/h8-9,11-13,16H,4-7,10H2,1-3H3. The number of nitrogens with one attached hydrogen (secondary N) is 1. The Hall–Kier alpha value is -1.09. The van der Waals surface area contributed by atoms with Gasteiger partial charge in [0.1, 0.15) is 5.82 Å². The van der Waals surface area contributed by atoms with Crippen molar-refractivity contribution in [2.45, 2.75) is 52.1 Å². The van der Waals surface area contributed by atoms with Gasteiger partial charge in [-0.25, -0.2) is 4.98 Å². The van der Waals surface area contributed by atoms with Gasteiger partial charge in [-0.1, -0.05) is 6.92 Å². The minimum atomic E-state index is 0.400. The van der Waals surface area contributed by atoms with Crippen LogP contribution in [0.5, 0.6) is 0 Å². The average molecular weight is 247 g/mol. The number of rotatable bonds is 4. The van der Waals surface area contributed by atoms with Crippen LogP contribution in [0.15, 0.2) is 18.3 Å². The van der Waals surface area contributed by atoms with Gasteiger partial charge in [-0.15, -0.1) is 0 Å². The molecule has 1 aromatic rings. The van der Waals surface area contributed by atoms with Crippen molar-refractivity contribution in [2.75, 3.05) is 18.0 Å². The molecule has 0 radical (unpaired) electrons. The molecule has 1 saturated heterocycles. The van der Waals surface area contributed by atoms with Gasteiger partial charge < -0.3 is 10.2 Å². The molecule has 2 atom stereocenters. The van der Waals surface area contributed by atoms with Gasteiger partial charge >= 0.3 is 0 Å². The minimum absolute atomic E-state index is 0.400. The molecule has 3 nitrogen and oxygen atoms in total. The summed E-state index contributed by atoms with van der Waals surface area (Å²) < 4.78 is 0. The average Bonchev–Trinajstić information content (AvgIpc) is 2.40. The number of nitrogens with zero attached hydrogens (tertiary/aromatic N) is 2. The predicted octanol–water partition coefficient (Wildman–Crippen LogP) is 3.13. The highest BCUT2D eigenvalue weighted by atomic mass is 15.2. The number of anilines is 1. The van der Waals surface area contributed by atoms with E-state index in [1.165, 1.54) is 24.8 Å². The second kappa shape index (κ2) is 6.19. The van der Waals surface area contributed by atoms with E-state index in [4.69, 9.17) is 0 Å². The van der Waals surface area contributed by atoms with Gasteiger partial charge in [-0.2, -0.15) is 0 Å². The van der Waals surface area contributed by atoms with Crippen molar-refractivity contribution in [3.63, 3.8) is 0 Å². The van der Waals surface area contributed by atoms with Crippen LogP contribution in [0.25, 0.3) is 0 Å². The van der Waals surface area contributed by atoms with Crippen LogP contribution in [0.1, 0.15) is 51.6 Å². The first-order valence-corrected chi connectivity index (χ1v) is 7.18. The zero-order valence-corrected chi connectivity index (χ0v) is 11.8. The molecular formula is C15H25N3. The molecule has 0 aliphatic carbocycles. The van der Waals surface area contributed by atoms with Crippen molar-refractivity contribution < 1.29 is 0 Å². The van der Waals surface area contributed by atoms with Crippen LogP contribution < -0.4 is 10.2 Å². The molecule has 1 N–H and O–H groups in total. The number of hydrogen-bond acceptors (Lipinski definition) is 3. The maximum atomic E-state index is 4.55. The number of pyridine rings is 1. The Kier molecular flexibility index (Phi) is 4.59. The van der Waals surface area contributed by atoms with Crippen molar-refractivity contribution in [3.8, 4) is 0 Å². The van der Waals surface area contributed by atoms with Gasteiger partial charge in [-0.05, 0) is 57.4 Å². The molecule has 2 heterocycles. The fourth-order valence-electron chi connectivity index (χ4n) is 2.72. The van der Waals surface area contributed by atoms with Crippen molar-refractivity contribution in [1.82, 2.24) is 10.3 Å². The third-order valence-electron chi connectivity index (χ3n) is 3.88. The molecule has 0 bridgehead atoms. The molecule has 0 spiro atoms. The summed E-state index contributed by atoms with van der Waals surface area (Å²) in [5.74, 6) is 1.14. The van der Waals surface area contributed by atoms with Gasteiger partial charge in [-0.3, -0.25) is 0 Å². The highest BCUT2D eigenvalue weighted by Gasteiger charge is 2.20. The molecule has 0 amide bonds. The van der Waals surface area contributed by atoms with E-state index < -0.39 is 0 Å². The summed E-state index contributed by atoms with van der Waals surface area (Å²) in [6, 6.07) is 5.38. The maximum Gasteiger partial charge on any atom is 0.129 e. The monoisotopic (exact) mass is 247 g/mol. The first-order valence-electron chi connectivity index (χ1n) is 7.18. The summed E-state index contributed by atoms with van der Waals surface area (Å²) in [6.45, 7) is 8.81. The molecule has 0 saturated carbocycles. The number of piperidine rings is 1. The smallest absolute Gasteiger partial charge is 0.129 e. The van der Waals surface area contributed by atoms with Gasteiger partial charge in [0.15, 0.2) is 0 Å². The largest absolute Gasteiger partial charge is 0.354 e.